The van der Waals surface area contributed by atoms with Crippen LogP contribution in [0.25, 0.3) is 0 Å². The molecule has 1 unspecified atom stereocenters. The molecule has 2 N–H and O–H groups in total. The summed E-state index contributed by atoms with van der Waals surface area (Å²) in [7, 11) is 1.96. The summed E-state index contributed by atoms with van der Waals surface area (Å²) in [5.41, 5.74) is 0. The van der Waals surface area contributed by atoms with Gasteiger partial charge >= 0.3 is 5.84 Å². The summed E-state index contributed by atoms with van der Waals surface area (Å²) in [4.78, 5) is 1.07. The van der Waals surface area contributed by atoms with Crippen LogP contribution in [-0.4, -0.2) is 42.2 Å². The highest BCUT2D eigenvalue weighted by Gasteiger charge is 2.26. The zero-order chi connectivity index (χ0) is 9.68. The van der Waals surface area contributed by atoms with E-state index >= 15 is 0 Å². The summed E-state index contributed by atoms with van der Waals surface area (Å²) >= 11 is 0. The number of ether oxygens (including phenoxy) is 1. The van der Waals surface area contributed by atoms with Gasteiger partial charge in [0.25, 0.3) is 6.73 Å². The first-order chi connectivity index (χ1) is 6.29. The van der Waals surface area contributed by atoms with Gasteiger partial charge in [-0.05, 0) is 6.92 Å². The fourth-order valence-electron chi connectivity index (χ4n) is 1.13. The number of quaternary nitrogens is 1. The second-order valence-corrected chi connectivity index (χ2v) is 2.72. The molecule has 1 aliphatic rings. The molecular formula is C8H15ClN3O2+. The molecule has 0 radical (unpaired) electrons. The van der Waals surface area contributed by atoms with Crippen LogP contribution >= 0.6 is 0 Å². The lowest BCUT2D eigenvalue weighted by Gasteiger charge is -1.97. The first-order valence-corrected chi connectivity index (χ1v) is 4.20. The van der Waals surface area contributed by atoms with E-state index in [0.29, 0.717) is 13.3 Å². The summed E-state index contributed by atoms with van der Waals surface area (Å²) in [6.45, 7) is 3.11. The van der Waals surface area contributed by atoms with Gasteiger partial charge in [-0.3, -0.25) is 0 Å². The summed E-state index contributed by atoms with van der Waals surface area (Å²) < 4.78 is 7.13. The molecular weight excluding hydrogens is 206 g/mol. The van der Waals surface area contributed by atoms with Gasteiger partial charge in [0, 0.05) is 0 Å². The van der Waals surface area contributed by atoms with Crippen LogP contribution in [-0.2, 0) is 4.74 Å². The molecule has 0 aromatic carbocycles. The molecule has 6 heteroatoms. The Bertz CT molecular complexity index is 263. The Morgan fingerprint density at radius 1 is 1.71 bits per heavy atom. The van der Waals surface area contributed by atoms with E-state index in [0.717, 1.165) is 10.7 Å². The average Bonchev–Trinajstić information content (AvgIpc) is 2.46. The van der Waals surface area contributed by atoms with E-state index in [2.05, 4.69) is 5.16 Å². The predicted octanol–water partition coefficient (Wildman–Crippen LogP) is -4.15. The van der Waals surface area contributed by atoms with Gasteiger partial charge in [0.05, 0.1) is 13.7 Å². The van der Waals surface area contributed by atoms with Gasteiger partial charge in [-0.25, -0.2) is 4.90 Å². The Hall–Kier alpha value is -0.910. The van der Waals surface area contributed by atoms with Crippen molar-refractivity contribution in [1.29, 1.82) is 0 Å². The van der Waals surface area contributed by atoms with Crippen molar-refractivity contribution in [3.8, 4) is 0 Å². The van der Waals surface area contributed by atoms with Crippen molar-refractivity contribution in [3.63, 3.8) is 0 Å². The van der Waals surface area contributed by atoms with Crippen LogP contribution in [0.3, 0.4) is 0 Å². The number of rotatable bonds is 4. The minimum Gasteiger partial charge on any atom is -1.00 e. The van der Waals surface area contributed by atoms with Crippen LogP contribution in [0.4, 0.5) is 0 Å². The predicted molar refractivity (Wildman–Crippen MR) is 48.1 cm³/mol. The highest BCUT2D eigenvalue weighted by molar-refractivity contribution is 6.22. The number of amidine groups is 1. The first-order valence-electron chi connectivity index (χ1n) is 4.20. The standard InChI is InChI=1S/C8H13N3O2.ClH/c1-3-13-7-11-5-4-10(2)8(11)6-9-12;/h4-6H,3,7H2,1-2H3;1H/p+1. The van der Waals surface area contributed by atoms with E-state index in [1.165, 1.54) is 6.21 Å². The van der Waals surface area contributed by atoms with Crippen molar-refractivity contribution in [2.75, 3.05) is 20.4 Å². The fraction of sp³-hybridized carbons (Fsp3) is 0.500. The quantitative estimate of drug-likeness (QED) is 0.219. The van der Waals surface area contributed by atoms with Crippen molar-refractivity contribution < 1.29 is 31.8 Å². The van der Waals surface area contributed by atoms with Gasteiger partial charge in [0.2, 0.25) is 6.20 Å². The van der Waals surface area contributed by atoms with Crippen molar-refractivity contribution in [3.05, 3.63) is 12.4 Å². The summed E-state index contributed by atoms with van der Waals surface area (Å²) in [6, 6.07) is 0. The lowest BCUT2D eigenvalue weighted by Crippen LogP contribution is -3.07. The van der Waals surface area contributed by atoms with Gasteiger partial charge in [-0.2, -0.15) is 0 Å². The van der Waals surface area contributed by atoms with Crippen LogP contribution in [0, 0.1) is 0 Å². The zero-order valence-corrected chi connectivity index (χ0v) is 9.03. The Balaban J connectivity index is 0.00000169. The van der Waals surface area contributed by atoms with E-state index < -0.39 is 0 Å². The van der Waals surface area contributed by atoms with Crippen LogP contribution in [0.1, 0.15) is 6.92 Å². The Morgan fingerprint density at radius 3 is 3.00 bits per heavy atom. The van der Waals surface area contributed by atoms with E-state index in [1.54, 1.807) is 0 Å². The maximum atomic E-state index is 8.43. The maximum Gasteiger partial charge on any atom is 0.396 e. The van der Waals surface area contributed by atoms with Crippen LogP contribution in [0.2, 0.25) is 0 Å². The van der Waals surface area contributed by atoms with Crippen LogP contribution in [0.15, 0.2) is 17.6 Å². The summed E-state index contributed by atoms with van der Waals surface area (Å²) in [6.07, 6.45) is 5.27. The molecule has 80 valence electrons. The molecule has 0 aromatic heterocycles. The third kappa shape index (κ3) is 3.10. The van der Waals surface area contributed by atoms with Gasteiger partial charge < -0.3 is 22.4 Å². The van der Waals surface area contributed by atoms with Gasteiger partial charge in [-0.15, -0.1) is 4.58 Å². The molecule has 5 nitrogen and oxygen atoms in total. The first kappa shape index (κ1) is 13.1. The van der Waals surface area contributed by atoms with Gasteiger partial charge in [-0.1, -0.05) is 5.16 Å². The molecule has 1 aliphatic heterocycles. The zero-order valence-electron chi connectivity index (χ0n) is 8.27. The van der Waals surface area contributed by atoms with E-state index in [1.807, 2.05) is 30.9 Å². The third-order valence-electron chi connectivity index (χ3n) is 1.83. The number of nitrogens with zero attached hydrogens (tertiary/aromatic N) is 2. The molecule has 0 saturated heterocycles. The van der Waals surface area contributed by atoms with Crippen molar-refractivity contribution in [2.45, 2.75) is 6.92 Å². The van der Waals surface area contributed by atoms with Gasteiger partial charge in [0.1, 0.15) is 0 Å². The normalized spacial score (nSPS) is 20.6. The minimum atomic E-state index is 0. The number of halogens is 1. The fourth-order valence-corrected chi connectivity index (χ4v) is 1.13. The van der Waals surface area contributed by atoms with Crippen LogP contribution < -0.4 is 17.3 Å². The number of nitrogens with one attached hydrogen (secondary N) is 1. The highest BCUT2D eigenvalue weighted by Crippen LogP contribution is 1.84. The molecule has 0 spiro atoms. The summed E-state index contributed by atoms with van der Waals surface area (Å²) in [5.74, 6) is 0.871. The number of oxime groups is 1. The average molecular weight is 221 g/mol. The Labute approximate surface area is 89.4 Å². The molecule has 0 fully saturated rings. The van der Waals surface area contributed by atoms with Crippen molar-refractivity contribution >= 4 is 12.1 Å². The Kier molecular flexibility index (Phi) is 6.11. The molecule has 1 rings (SSSR count). The summed E-state index contributed by atoms with van der Waals surface area (Å²) in [5, 5.41) is 11.4. The number of hydrogen-bond donors (Lipinski definition) is 2. The van der Waals surface area contributed by atoms with E-state index in [-0.39, 0.29) is 12.4 Å². The smallest absolute Gasteiger partial charge is 0.396 e. The third-order valence-corrected chi connectivity index (χ3v) is 1.83. The lowest BCUT2D eigenvalue weighted by atomic mass is 10.6. The van der Waals surface area contributed by atoms with Crippen molar-refractivity contribution in [1.82, 2.24) is 0 Å². The van der Waals surface area contributed by atoms with Gasteiger partial charge in [0.15, 0.2) is 12.4 Å². The van der Waals surface area contributed by atoms with E-state index in [4.69, 9.17) is 9.94 Å². The topological polar surface area (TPSA) is 49.3 Å². The SMILES string of the molecule is CCOC[N+]1=C(/C=N/O)[NH+](C)C=C1.[Cl-]. The second kappa shape index (κ2) is 6.53. The molecule has 1 atom stereocenters. The number of hydrogen-bond acceptors (Lipinski definition) is 3. The second-order valence-electron chi connectivity index (χ2n) is 2.72. The molecule has 1 heterocycles. The van der Waals surface area contributed by atoms with Crippen molar-refractivity contribution in [2.24, 2.45) is 5.16 Å². The molecule has 0 aliphatic carbocycles. The monoisotopic (exact) mass is 220 g/mol. The molecule has 14 heavy (non-hydrogen) atoms. The van der Waals surface area contributed by atoms with E-state index in [9.17, 15) is 0 Å². The molecule has 0 amide bonds. The largest absolute Gasteiger partial charge is 1.00 e. The highest BCUT2D eigenvalue weighted by atomic mass is 35.5. The molecule has 0 aromatic rings. The Morgan fingerprint density at radius 2 is 2.43 bits per heavy atom. The molecule has 0 saturated carbocycles. The minimum absolute atomic E-state index is 0. The lowest BCUT2D eigenvalue weighted by molar-refractivity contribution is -0.733. The maximum absolute atomic E-state index is 8.43. The molecule has 0 bridgehead atoms. The van der Waals surface area contributed by atoms with Crippen LogP contribution in [0.5, 0.6) is 0 Å².